The summed E-state index contributed by atoms with van der Waals surface area (Å²) in [6.45, 7) is 0. The number of anilines is 1. The number of ketones is 1. The highest BCUT2D eigenvalue weighted by molar-refractivity contribution is 6.33. The van der Waals surface area contributed by atoms with Gasteiger partial charge in [0, 0.05) is 12.0 Å². The van der Waals surface area contributed by atoms with Gasteiger partial charge in [-0.25, -0.2) is 4.39 Å². The highest BCUT2D eigenvalue weighted by atomic mass is 35.5. The standard InChI is InChI=1S/C14H11ClFNO/c15-12-6-3-10(8-13(12)17)14(18)7-9-1-4-11(16)5-2-9/h1-6,8H,7,17H2. The first-order chi connectivity index (χ1) is 8.56. The minimum atomic E-state index is -0.318. The lowest BCUT2D eigenvalue weighted by Gasteiger charge is -2.04. The SMILES string of the molecule is Nc1cc(C(=O)Cc2ccc(F)cc2)ccc1Cl. The van der Waals surface area contributed by atoms with E-state index in [1.54, 1.807) is 30.3 Å². The highest BCUT2D eigenvalue weighted by Crippen LogP contribution is 2.20. The van der Waals surface area contributed by atoms with Crippen LogP contribution < -0.4 is 5.73 Å². The molecule has 0 unspecified atom stereocenters. The lowest BCUT2D eigenvalue weighted by molar-refractivity contribution is 0.0993. The number of hydrogen-bond acceptors (Lipinski definition) is 2. The highest BCUT2D eigenvalue weighted by Gasteiger charge is 2.08. The molecular formula is C14H11ClFNO. The van der Waals surface area contributed by atoms with E-state index in [9.17, 15) is 9.18 Å². The zero-order valence-electron chi connectivity index (χ0n) is 9.49. The summed E-state index contributed by atoms with van der Waals surface area (Å²) >= 11 is 5.78. The Bertz CT molecular complexity index is 581. The molecule has 0 heterocycles. The summed E-state index contributed by atoms with van der Waals surface area (Å²) in [7, 11) is 0. The predicted octanol–water partition coefficient (Wildman–Crippen LogP) is 3.49. The van der Waals surface area contributed by atoms with Crippen molar-refractivity contribution in [1.29, 1.82) is 0 Å². The maximum absolute atomic E-state index is 12.7. The number of benzene rings is 2. The Morgan fingerprint density at radius 2 is 1.83 bits per heavy atom. The number of halogens is 2. The van der Waals surface area contributed by atoms with Crippen molar-refractivity contribution in [2.75, 3.05) is 5.73 Å². The molecule has 2 rings (SSSR count). The van der Waals surface area contributed by atoms with E-state index in [1.165, 1.54) is 12.1 Å². The van der Waals surface area contributed by atoms with Crippen LogP contribution in [0, 0.1) is 5.82 Å². The van der Waals surface area contributed by atoms with Gasteiger partial charge in [-0.1, -0.05) is 23.7 Å². The molecule has 2 N–H and O–H groups in total. The molecule has 0 aliphatic heterocycles. The summed E-state index contributed by atoms with van der Waals surface area (Å²) in [5.74, 6) is -0.396. The first-order valence-corrected chi connectivity index (χ1v) is 5.77. The van der Waals surface area contributed by atoms with E-state index in [-0.39, 0.29) is 18.0 Å². The Morgan fingerprint density at radius 1 is 1.17 bits per heavy atom. The zero-order chi connectivity index (χ0) is 13.1. The second-order valence-electron chi connectivity index (χ2n) is 3.96. The smallest absolute Gasteiger partial charge is 0.167 e. The average Bonchev–Trinajstić information content (AvgIpc) is 2.35. The largest absolute Gasteiger partial charge is 0.398 e. The van der Waals surface area contributed by atoms with Crippen LogP contribution in [0.1, 0.15) is 15.9 Å². The van der Waals surface area contributed by atoms with Crippen LogP contribution in [0.15, 0.2) is 42.5 Å². The van der Waals surface area contributed by atoms with Gasteiger partial charge in [-0.2, -0.15) is 0 Å². The maximum atomic E-state index is 12.7. The Balaban J connectivity index is 2.16. The van der Waals surface area contributed by atoms with E-state index in [2.05, 4.69) is 0 Å². The van der Waals surface area contributed by atoms with Crippen molar-refractivity contribution in [1.82, 2.24) is 0 Å². The van der Waals surface area contributed by atoms with Gasteiger partial charge >= 0.3 is 0 Å². The number of carbonyl (C=O) groups is 1. The number of carbonyl (C=O) groups excluding carboxylic acids is 1. The van der Waals surface area contributed by atoms with Gasteiger partial charge in [0.25, 0.3) is 0 Å². The molecule has 2 nitrogen and oxygen atoms in total. The summed E-state index contributed by atoms with van der Waals surface area (Å²) in [6, 6.07) is 10.6. The van der Waals surface area contributed by atoms with Gasteiger partial charge in [0.2, 0.25) is 0 Å². The quantitative estimate of drug-likeness (QED) is 0.680. The summed E-state index contributed by atoms with van der Waals surface area (Å²) in [5, 5.41) is 0.424. The van der Waals surface area contributed by atoms with Gasteiger partial charge in [-0.05, 0) is 35.9 Å². The molecule has 0 bridgehead atoms. The molecule has 2 aromatic rings. The maximum Gasteiger partial charge on any atom is 0.167 e. The average molecular weight is 264 g/mol. The lowest BCUT2D eigenvalue weighted by Crippen LogP contribution is -2.04. The molecule has 0 fully saturated rings. The molecule has 0 radical (unpaired) electrons. The van der Waals surface area contributed by atoms with Crippen molar-refractivity contribution in [2.24, 2.45) is 0 Å². The number of Topliss-reactive ketones (excluding diaryl/α,β-unsaturated/α-hetero) is 1. The Morgan fingerprint density at radius 3 is 2.44 bits per heavy atom. The van der Waals surface area contributed by atoms with Gasteiger partial charge in [0.15, 0.2) is 5.78 Å². The molecule has 92 valence electrons. The molecule has 2 aromatic carbocycles. The molecular weight excluding hydrogens is 253 g/mol. The second kappa shape index (κ2) is 5.19. The third-order valence-corrected chi connectivity index (χ3v) is 2.94. The normalized spacial score (nSPS) is 10.3. The van der Waals surface area contributed by atoms with Crippen LogP contribution in [0.4, 0.5) is 10.1 Å². The fourth-order valence-corrected chi connectivity index (χ4v) is 1.72. The third kappa shape index (κ3) is 2.87. The summed E-state index contributed by atoms with van der Waals surface area (Å²) in [5.41, 5.74) is 7.27. The van der Waals surface area contributed by atoms with Crippen molar-refractivity contribution in [3.63, 3.8) is 0 Å². The van der Waals surface area contributed by atoms with Gasteiger partial charge in [0.1, 0.15) is 5.82 Å². The second-order valence-corrected chi connectivity index (χ2v) is 4.37. The fraction of sp³-hybridized carbons (Fsp3) is 0.0714. The van der Waals surface area contributed by atoms with Gasteiger partial charge in [0.05, 0.1) is 10.7 Å². The minimum absolute atomic E-state index is 0.0787. The Kier molecular flexibility index (Phi) is 3.63. The molecule has 0 amide bonds. The van der Waals surface area contributed by atoms with E-state index < -0.39 is 0 Å². The molecule has 18 heavy (non-hydrogen) atoms. The Hall–Kier alpha value is -1.87. The van der Waals surface area contributed by atoms with E-state index in [1.807, 2.05) is 0 Å². The molecule has 0 saturated carbocycles. The molecule has 0 aromatic heterocycles. The van der Waals surface area contributed by atoms with Gasteiger partial charge < -0.3 is 5.73 Å². The van der Waals surface area contributed by atoms with Crippen LogP contribution in [-0.2, 0) is 6.42 Å². The van der Waals surface area contributed by atoms with Crippen LogP contribution in [0.25, 0.3) is 0 Å². The zero-order valence-corrected chi connectivity index (χ0v) is 10.2. The number of hydrogen-bond donors (Lipinski definition) is 1. The summed E-state index contributed by atoms with van der Waals surface area (Å²) in [6.07, 6.45) is 0.210. The van der Waals surface area contributed by atoms with Crippen molar-refractivity contribution in [2.45, 2.75) is 6.42 Å². The molecule has 0 aliphatic carbocycles. The van der Waals surface area contributed by atoms with E-state index in [4.69, 9.17) is 17.3 Å². The van der Waals surface area contributed by atoms with Crippen LogP contribution in [0.2, 0.25) is 5.02 Å². The fourth-order valence-electron chi connectivity index (χ4n) is 1.61. The van der Waals surface area contributed by atoms with Crippen molar-refractivity contribution in [3.05, 3.63) is 64.4 Å². The van der Waals surface area contributed by atoms with Crippen LogP contribution in [-0.4, -0.2) is 5.78 Å². The monoisotopic (exact) mass is 263 g/mol. The summed E-state index contributed by atoms with van der Waals surface area (Å²) in [4.78, 5) is 12.0. The van der Waals surface area contributed by atoms with Crippen LogP contribution in [0.3, 0.4) is 0 Å². The van der Waals surface area contributed by atoms with Crippen molar-refractivity contribution >= 4 is 23.1 Å². The van der Waals surface area contributed by atoms with Crippen LogP contribution >= 0.6 is 11.6 Å². The summed E-state index contributed by atoms with van der Waals surface area (Å²) < 4.78 is 12.7. The topological polar surface area (TPSA) is 43.1 Å². The molecule has 4 heteroatoms. The number of rotatable bonds is 3. The van der Waals surface area contributed by atoms with E-state index in [0.29, 0.717) is 16.3 Å². The van der Waals surface area contributed by atoms with Crippen LogP contribution in [0.5, 0.6) is 0 Å². The predicted molar refractivity (Wildman–Crippen MR) is 70.3 cm³/mol. The third-order valence-electron chi connectivity index (χ3n) is 2.60. The first kappa shape index (κ1) is 12.6. The number of nitrogens with two attached hydrogens (primary N) is 1. The van der Waals surface area contributed by atoms with Gasteiger partial charge in [-0.3, -0.25) is 4.79 Å². The first-order valence-electron chi connectivity index (χ1n) is 5.39. The molecule has 0 spiro atoms. The van der Waals surface area contributed by atoms with E-state index >= 15 is 0 Å². The van der Waals surface area contributed by atoms with Gasteiger partial charge in [-0.15, -0.1) is 0 Å². The number of nitrogen functional groups attached to an aromatic ring is 1. The Labute approximate surface area is 109 Å². The van der Waals surface area contributed by atoms with Crippen molar-refractivity contribution in [3.8, 4) is 0 Å². The molecule has 0 saturated heterocycles. The lowest BCUT2D eigenvalue weighted by atomic mass is 10.0. The van der Waals surface area contributed by atoms with E-state index in [0.717, 1.165) is 5.56 Å². The molecule has 0 atom stereocenters. The minimum Gasteiger partial charge on any atom is -0.398 e. The molecule has 0 aliphatic rings. The van der Waals surface area contributed by atoms with Crippen molar-refractivity contribution < 1.29 is 9.18 Å².